The molecular weight excluding hydrogens is 350 g/mol. The molecule has 0 unspecified atom stereocenters. The topological polar surface area (TPSA) is 52.7 Å². The molecule has 3 rings (SSSR count). The molecular formula is C23H35N3O2. The Hall–Kier alpha value is -2.04. The van der Waals surface area contributed by atoms with Gasteiger partial charge in [0.2, 0.25) is 11.8 Å². The first-order valence-electron chi connectivity index (χ1n) is 11.0. The molecule has 2 aliphatic rings. The first-order valence-corrected chi connectivity index (χ1v) is 11.0. The number of hydrogen-bond acceptors (Lipinski definition) is 3. The molecule has 2 saturated heterocycles. The van der Waals surface area contributed by atoms with E-state index in [1.165, 1.54) is 18.5 Å². The molecule has 1 aromatic rings. The van der Waals surface area contributed by atoms with Crippen LogP contribution in [0.25, 0.3) is 0 Å². The van der Waals surface area contributed by atoms with Crippen molar-refractivity contribution in [1.29, 1.82) is 0 Å². The minimum atomic E-state index is -0.00140. The molecule has 5 heteroatoms. The molecule has 0 bridgehead atoms. The largest absolute Gasteiger partial charge is 0.372 e. The average molecular weight is 386 g/mol. The number of hydrogen-bond donors (Lipinski definition) is 1. The lowest BCUT2D eigenvalue weighted by atomic mass is 9.95. The van der Waals surface area contributed by atoms with E-state index in [1.807, 2.05) is 17.0 Å². The lowest BCUT2D eigenvalue weighted by Gasteiger charge is -2.32. The van der Waals surface area contributed by atoms with Gasteiger partial charge in [0.05, 0.1) is 0 Å². The number of anilines is 2. The molecule has 28 heavy (non-hydrogen) atoms. The van der Waals surface area contributed by atoms with Crippen molar-refractivity contribution in [2.75, 3.05) is 36.4 Å². The first kappa shape index (κ1) is 20.7. The highest BCUT2D eigenvalue weighted by atomic mass is 16.2. The SMILES string of the molecule is CCCCC(=O)N1CCC(C(=O)Nc2ccc(N3CCC(C)CC3)cc2)CC1. The van der Waals surface area contributed by atoms with Crippen LogP contribution in [-0.2, 0) is 9.59 Å². The fourth-order valence-electron chi connectivity index (χ4n) is 4.14. The van der Waals surface area contributed by atoms with Crippen LogP contribution < -0.4 is 10.2 Å². The molecule has 2 heterocycles. The summed E-state index contributed by atoms with van der Waals surface area (Å²) in [5, 5.41) is 3.07. The monoisotopic (exact) mass is 385 g/mol. The van der Waals surface area contributed by atoms with Crippen LogP contribution in [0.2, 0.25) is 0 Å². The average Bonchev–Trinajstić information content (AvgIpc) is 2.73. The number of nitrogens with zero attached hydrogens (tertiary/aromatic N) is 2. The molecule has 2 fully saturated rings. The summed E-state index contributed by atoms with van der Waals surface area (Å²) in [5.41, 5.74) is 2.10. The molecule has 1 N–H and O–H groups in total. The van der Waals surface area contributed by atoms with Crippen LogP contribution in [0.5, 0.6) is 0 Å². The second-order valence-corrected chi connectivity index (χ2v) is 8.46. The maximum atomic E-state index is 12.6. The Morgan fingerprint density at radius 2 is 1.64 bits per heavy atom. The van der Waals surface area contributed by atoms with Crippen LogP contribution in [-0.4, -0.2) is 42.9 Å². The third-order valence-corrected chi connectivity index (χ3v) is 6.25. The normalized spacial score (nSPS) is 18.9. The zero-order valence-corrected chi connectivity index (χ0v) is 17.5. The molecule has 2 amide bonds. The Bertz CT molecular complexity index is 642. The Labute approximate surface area is 169 Å². The lowest BCUT2D eigenvalue weighted by Crippen LogP contribution is -2.41. The molecule has 0 aliphatic carbocycles. The van der Waals surface area contributed by atoms with E-state index < -0.39 is 0 Å². The maximum Gasteiger partial charge on any atom is 0.227 e. The minimum absolute atomic E-state index is 0.00140. The van der Waals surface area contributed by atoms with E-state index in [0.717, 1.165) is 50.4 Å². The van der Waals surface area contributed by atoms with Crippen molar-refractivity contribution in [2.45, 2.75) is 58.8 Å². The quantitative estimate of drug-likeness (QED) is 0.795. The van der Waals surface area contributed by atoms with E-state index in [1.54, 1.807) is 0 Å². The number of likely N-dealkylation sites (tertiary alicyclic amines) is 1. The van der Waals surface area contributed by atoms with Crippen molar-refractivity contribution in [3.8, 4) is 0 Å². The summed E-state index contributed by atoms with van der Waals surface area (Å²) < 4.78 is 0. The van der Waals surface area contributed by atoms with Crippen LogP contribution in [0.15, 0.2) is 24.3 Å². The van der Waals surface area contributed by atoms with Crippen molar-refractivity contribution < 1.29 is 9.59 Å². The van der Waals surface area contributed by atoms with E-state index in [9.17, 15) is 9.59 Å². The molecule has 154 valence electrons. The summed E-state index contributed by atoms with van der Waals surface area (Å²) in [7, 11) is 0. The Morgan fingerprint density at radius 1 is 1.00 bits per heavy atom. The summed E-state index contributed by atoms with van der Waals surface area (Å²) >= 11 is 0. The van der Waals surface area contributed by atoms with Crippen molar-refractivity contribution >= 4 is 23.2 Å². The van der Waals surface area contributed by atoms with Gasteiger partial charge >= 0.3 is 0 Å². The maximum absolute atomic E-state index is 12.6. The highest BCUT2D eigenvalue weighted by Crippen LogP contribution is 2.25. The molecule has 5 nitrogen and oxygen atoms in total. The highest BCUT2D eigenvalue weighted by molar-refractivity contribution is 5.93. The first-order chi connectivity index (χ1) is 13.6. The van der Waals surface area contributed by atoms with Gasteiger partial charge in [-0.05, 0) is 62.3 Å². The zero-order chi connectivity index (χ0) is 19.9. The number of rotatable bonds is 6. The van der Waals surface area contributed by atoms with E-state index in [4.69, 9.17) is 0 Å². The van der Waals surface area contributed by atoms with E-state index in [0.29, 0.717) is 19.5 Å². The van der Waals surface area contributed by atoms with Gasteiger partial charge in [0.25, 0.3) is 0 Å². The molecule has 1 aromatic carbocycles. The fraction of sp³-hybridized carbons (Fsp3) is 0.652. The van der Waals surface area contributed by atoms with Crippen molar-refractivity contribution in [1.82, 2.24) is 4.90 Å². The number of nitrogens with one attached hydrogen (secondary N) is 1. The van der Waals surface area contributed by atoms with Crippen molar-refractivity contribution in [2.24, 2.45) is 11.8 Å². The van der Waals surface area contributed by atoms with E-state index in [2.05, 4.69) is 36.2 Å². The van der Waals surface area contributed by atoms with Gasteiger partial charge < -0.3 is 15.1 Å². The van der Waals surface area contributed by atoms with Crippen LogP contribution in [0.3, 0.4) is 0 Å². The van der Waals surface area contributed by atoms with Gasteiger partial charge in [-0.1, -0.05) is 20.3 Å². The van der Waals surface area contributed by atoms with Crippen LogP contribution in [0.4, 0.5) is 11.4 Å². The molecule has 0 spiro atoms. The molecule has 0 aromatic heterocycles. The van der Waals surface area contributed by atoms with Gasteiger partial charge in [-0.3, -0.25) is 9.59 Å². The summed E-state index contributed by atoms with van der Waals surface area (Å²) in [6.45, 7) is 8.05. The summed E-state index contributed by atoms with van der Waals surface area (Å²) in [5.74, 6) is 1.14. The van der Waals surface area contributed by atoms with Gasteiger partial charge in [0.1, 0.15) is 0 Å². The molecule has 2 aliphatic heterocycles. The minimum Gasteiger partial charge on any atom is -0.372 e. The second kappa shape index (κ2) is 9.94. The fourth-order valence-corrected chi connectivity index (χ4v) is 4.14. The number of benzene rings is 1. The third-order valence-electron chi connectivity index (χ3n) is 6.25. The smallest absolute Gasteiger partial charge is 0.227 e. The Kier molecular flexibility index (Phi) is 7.35. The zero-order valence-electron chi connectivity index (χ0n) is 17.5. The molecule has 0 atom stereocenters. The number of unbranched alkanes of at least 4 members (excludes halogenated alkanes) is 1. The van der Waals surface area contributed by atoms with Gasteiger partial charge in [0, 0.05) is 49.9 Å². The molecule has 0 saturated carbocycles. The predicted octanol–water partition coefficient (Wildman–Crippen LogP) is 4.29. The third kappa shape index (κ3) is 5.49. The summed E-state index contributed by atoms with van der Waals surface area (Å²) in [6, 6.07) is 8.24. The van der Waals surface area contributed by atoms with Gasteiger partial charge in [-0.2, -0.15) is 0 Å². The summed E-state index contributed by atoms with van der Waals surface area (Å²) in [6.07, 6.45) is 6.64. The lowest BCUT2D eigenvalue weighted by molar-refractivity contribution is -0.134. The van der Waals surface area contributed by atoms with Crippen LogP contribution >= 0.6 is 0 Å². The van der Waals surface area contributed by atoms with Crippen molar-refractivity contribution in [3.05, 3.63) is 24.3 Å². The van der Waals surface area contributed by atoms with Crippen LogP contribution in [0.1, 0.15) is 58.8 Å². The van der Waals surface area contributed by atoms with Crippen LogP contribution in [0, 0.1) is 11.8 Å². The Balaban J connectivity index is 1.45. The second-order valence-electron chi connectivity index (χ2n) is 8.46. The molecule has 0 radical (unpaired) electrons. The predicted molar refractivity (Wildman–Crippen MR) is 115 cm³/mol. The highest BCUT2D eigenvalue weighted by Gasteiger charge is 2.27. The van der Waals surface area contributed by atoms with Gasteiger partial charge in [-0.25, -0.2) is 0 Å². The van der Waals surface area contributed by atoms with Crippen molar-refractivity contribution in [3.63, 3.8) is 0 Å². The number of carbonyl (C=O) groups is 2. The number of amides is 2. The number of piperidine rings is 2. The number of carbonyl (C=O) groups excluding carboxylic acids is 2. The van der Waals surface area contributed by atoms with E-state index in [-0.39, 0.29) is 17.7 Å². The van der Waals surface area contributed by atoms with E-state index >= 15 is 0 Å². The van der Waals surface area contributed by atoms with Gasteiger partial charge in [0.15, 0.2) is 0 Å². The summed E-state index contributed by atoms with van der Waals surface area (Å²) in [4.78, 5) is 29.1. The van der Waals surface area contributed by atoms with Gasteiger partial charge in [-0.15, -0.1) is 0 Å². The Morgan fingerprint density at radius 3 is 2.25 bits per heavy atom. The standard InChI is InChI=1S/C23H35N3O2/c1-3-4-5-22(27)26-16-12-19(13-17-26)23(28)24-20-6-8-21(9-7-20)25-14-10-18(2)11-15-25/h6-9,18-19H,3-5,10-17H2,1-2H3,(H,24,28).